The molecule has 0 aromatic heterocycles. The minimum atomic E-state index is -3.07. The van der Waals surface area contributed by atoms with Crippen LogP contribution in [0.5, 0.6) is 5.75 Å². The van der Waals surface area contributed by atoms with Crippen molar-refractivity contribution in [3.8, 4) is 5.75 Å². The van der Waals surface area contributed by atoms with Crippen LogP contribution in [0.1, 0.15) is 18.9 Å². The molecule has 0 fully saturated rings. The lowest BCUT2D eigenvalue weighted by atomic mass is 10.2. The van der Waals surface area contributed by atoms with Gasteiger partial charge >= 0.3 is 0 Å². The zero-order valence-electron chi connectivity index (χ0n) is 12.4. The first-order valence-electron chi connectivity index (χ1n) is 6.76. The van der Waals surface area contributed by atoms with E-state index < -0.39 is 10.0 Å². The number of benzene rings is 1. The normalized spacial score (nSPS) is 11.8. The second kappa shape index (κ2) is 8.24. The van der Waals surface area contributed by atoms with E-state index in [9.17, 15) is 8.42 Å². The van der Waals surface area contributed by atoms with Gasteiger partial charge < -0.3 is 10.1 Å². The lowest BCUT2D eigenvalue weighted by Crippen LogP contribution is -2.32. The molecule has 6 heteroatoms. The highest BCUT2D eigenvalue weighted by atomic mass is 32.2. The van der Waals surface area contributed by atoms with Crippen LogP contribution < -0.4 is 10.1 Å². The molecule has 0 atom stereocenters. The minimum absolute atomic E-state index is 0.525. The van der Waals surface area contributed by atoms with Gasteiger partial charge in [0.05, 0.1) is 13.4 Å². The summed E-state index contributed by atoms with van der Waals surface area (Å²) in [6, 6.07) is 7.89. The molecule has 0 heterocycles. The van der Waals surface area contributed by atoms with Crippen molar-refractivity contribution in [3.63, 3.8) is 0 Å². The van der Waals surface area contributed by atoms with Crippen LogP contribution in [0.25, 0.3) is 0 Å². The Labute approximate surface area is 122 Å². The molecule has 20 heavy (non-hydrogen) atoms. The van der Waals surface area contributed by atoms with E-state index in [1.807, 2.05) is 31.2 Å². The monoisotopic (exact) mass is 300 g/mol. The quantitative estimate of drug-likeness (QED) is 0.701. The van der Waals surface area contributed by atoms with Crippen LogP contribution >= 0.6 is 0 Å². The third-order valence-electron chi connectivity index (χ3n) is 3.07. The molecular weight excluding hydrogens is 276 g/mol. The number of nitrogens with one attached hydrogen (secondary N) is 1. The van der Waals surface area contributed by atoms with Crippen molar-refractivity contribution in [2.45, 2.75) is 19.9 Å². The van der Waals surface area contributed by atoms with E-state index in [1.165, 1.54) is 16.1 Å². The molecule has 0 amide bonds. The molecule has 1 aromatic carbocycles. The van der Waals surface area contributed by atoms with Crippen molar-refractivity contribution in [2.75, 3.05) is 33.0 Å². The molecule has 0 aliphatic carbocycles. The number of ether oxygens (including phenoxy) is 1. The molecule has 114 valence electrons. The first-order chi connectivity index (χ1) is 9.47. The van der Waals surface area contributed by atoms with Crippen molar-refractivity contribution < 1.29 is 13.2 Å². The Bertz CT molecular complexity index is 486. The topological polar surface area (TPSA) is 58.6 Å². The van der Waals surface area contributed by atoms with Gasteiger partial charge in [0.1, 0.15) is 5.75 Å². The highest BCUT2D eigenvalue weighted by molar-refractivity contribution is 7.88. The van der Waals surface area contributed by atoms with Crippen molar-refractivity contribution in [1.29, 1.82) is 0 Å². The molecule has 0 radical (unpaired) electrons. The maximum Gasteiger partial charge on any atom is 0.211 e. The number of hydrogen-bond acceptors (Lipinski definition) is 4. The van der Waals surface area contributed by atoms with E-state index >= 15 is 0 Å². The van der Waals surface area contributed by atoms with Gasteiger partial charge in [-0.3, -0.25) is 0 Å². The summed E-state index contributed by atoms with van der Waals surface area (Å²) in [5, 5.41) is 3.31. The van der Waals surface area contributed by atoms with E-state index in [1.54, 1.807) is 7.11 Å². The third-order valence-corrected chi connectivity index (χ3v) is 4.45. The standard InChI is InChI=1S/C14H24N2O3S/c1-4-16(20(3,17)18)11-5-10-15-12-13-6-8-14(19-2)9-7-13/h6-9,15H,4-5,10-12H2,1-3H3. The molecule has 0 aliphatic heterocycles. The molecule has 1 aromatic rings. The third kappa shape index (κ3) is 5.90. The Hall–Kier alpha value is -1.11. The van der Waals surface area contributed by atoms with Crippen LogP contribution in [0.4, 0.5) is 0 Å². The number of methoxy groups -OCH3 is 1. The summed E-state index contributed by atoms with van der Waals surface area (Å²) < 4.78 is 29.4. The Balaban J connectivity index is 2.24. The molecule has 0 aliphatic rings. The maximum atomic E-state index is 11.4. The smallest absolute Gasteiger partial charge is 0.211 e. The molecule has 0 saturated carbocycles. The predicted molar refractivity (Wildman–Crippen MR) is 81.4 cm³/mol. The first-order valence-corrected chi connectivity index (χ1v) is 8.61. The van der Waals surface area contributed by atoms with Crippen LogP contribution in [0, 0.1) is 0 Å². The Kier molecular flexibility index (Phi) is 6.98. The van der Waals surface area contributed by atoms with Crippen LogP contribution in [0.3, 0.4) is 0 Å². The molecule has 0 bridgehead atoms. The largest absolute Gasteiger partial charge is 0.497 e. The van der Waals surface area contributed by atoms with E-state index in [-0.39, 0.29) is 0 Å². The molecular formula is C14H24N2O3S. The van der Waals surface area contributed by atoms with Crippen molar-refractivity contribution >= 4 is 10.0 Å². The zero-order valence-corrected chi connectivity index (χ0v) is 13.2. The highest BCUT2D eigenvalue weighted by Gasteiger charge is 2.12. The van der Waals surface area contributed by atoms with Gasteiger partial charge in [0, 0.05) is 19.6 Å². The number of sulfonamides is 1. The van der Waals surface area contributed by atoms with Gasteiger partial charge in [0.25, 0.3) is 0 Å². The van der Waals surface area contributed by atoms with Gasteiger partial charge in [-0.15, -0.1) is 0 Å². The van der Waals surface area contributed by atoms with Gasteiger partial charge in [0.15, 0.2) is 0 Å². The molecule has 0 saturated heterocycles. The first kappa shape index (κ1) is 16.9. The van der Waals surface area contributed by atoms with Gasteiger partial charge in [-0.2, -0.15) is 0 Å². The van der Waals surface area contributed by atoms with Gasteiger partial charge in [-0.25, -0.2) is 12.7 Å². The lowest BCUT2D eigenvalue weighted by Gasteiger charge is -2.17. The van der Waals surface area contributed by atoms with Crippen LogP contribution in [-0.2, 0) is 16.6 Å². The van der Waals surface area contributed by atoms with E-state index in [4.69, 9.17) is 4.74 Å². The number of nitrogens with zero attached hydrogens (tertiary/aromatic N) is 1. The van der Waals surface area contributed by atoms with Gasteiger partial charge in [0.2, 0.25) is 10.0 Å². The maximum absolute atomic E-state index is 11.4. The zero-order chi connectivity index (χ0) is 15.0. The fraction of sp³-hybridized carbons (Fsp3) is 0.571. The summed E-state index contributed by atoms with van der Waals surface area (Å²) in [6.45, 7) is 4.50. The molecule has 0 unspecified atom stereocenters. The fourth-order valence-electron chi connectivity index (χ4n) is 1.91. The summed E-state index contributed by atoms with van der Waals surface area (Å²) >= 11 is 0. The SMILES string of the molecule is CCN(CCCNCc1ccc(OC)cc1)S(C)(=O)=O. The molecule has 1 N–H and O–H groups in total. The average molecular weight is 300 g/mol. The summed E-state index contributed by atoms with van der Waals surface area (Å²) in [7, 11) is -1.42. The second-order valence-corrected chi connectivity index (χ2v) is 6.62. The van der Waals surface area contributed by atoms with E-state index in [0.717, 1.165) is 25.3 Å². The van der Waals surface area contributed by atoms with Gasteiger partial charge in [-0.1, -0.05) is 19.1 Å². The molecule has 0 spiro atoms. The molecule has 5 nitrogen and oxygen atoms in total. The van der Waals surface area contributed by atoms with Gasteiger partial charge in [-0.05, 0) is 30.7 Å². The van der Waals surface area contributed by atoms with E-state index in [0.29, 0.717) is 13.1 Å². The van der Waals surface area contributed by atoms with Crippen molar-refractivity contribution in [2.24, 2.45) is 0 Å². The van der Waals surface area contributed by atoms with Crippen LogP contribution in [0.2, 0.25) is 0 Å². The van der Waals surface area contributed by atoms with Crippen molar-refractivity contribution in [1.82, 2.24) is 9.62 Å². The highest BCUT2D eigenvalue weighted by Crippen LogP contribution is 2.10. The fourth-order valence-corrected chi connectivity index (χ4v) is 2.84. The number of hydrogen-bond donors (Lipinski definition) is 1. The summed E-state index contributed by atoms with van der Waals surface area (Å²) in [4.78, 5) is 0. The average Bonchev–Trinajstić information content (AvgIpc) is 2.42. The van der Waals surface area contributed by atoms with Crippen LogP contribution in [0.15, 0.2) is 24.3 Å². The Morgan fingerprint density at radius 1 is 1.25 bits per heavy atom. The van der Waals surface area contributed by atoms with E-state index in [2.05, 4.69) is 5.32 Å². The summed E-state index contributed by atoms with van der Waals surface area (Å²) in [6.07, 6.45) is 2.05. The summed E-state index contributed by atoms with van der Waals surface area (Å²) in [5.41, 5.74) is 1.18. The number of rotatable bonds is 9. The Morgan fingerprint density at radius 2 is 1.90 bits per heavy atom. The molecule has 1 rings (SSSR count). The second-order valence-electron chi connectivity index (χ2n) is 4.63. The predicted octanol–water partition coefficient (Wildman–Crippen LogP) is 1.46. The lowest BCUT2D eigenvalue weighted by molar-refractivity contribution is 0.414. The van der Waals surface area contributed by atoms with Crippen molar-refractivity contribution in [3.05, 3.63) is 29.8 Å². The minimum Gasteiger partial charge on any atom is -0.497 e. The summed E-state index contributed by atoms with van der Waals surface area (Å²) in [5.74, 6) is 0.848. The Morgan fingerprint density at radius 3 is 2.40 bits per heavy atom. The van der Waals surface area contributed by atoms with Crippen LogP contribution in [-0.4, -0.2) is 45.7 Å².